The van der Waals surface area contributed by atoms with Gasteiger partial charge < -0.3 is 29.2 Å². The van der Waals surface area contributed by atoms with Gasteiger partial charge in [0.25, 0.3) is 6.43 Å². The van der Waals surface area contributed by atoms with Gasteiger partial charge in [-0.25, -0.2) is 26.7 Å². The van der Waals surface area contributed by atoms with E-state index >= 15 is 8.78 Å². The minimum Gasteiger partial charge on any atom is -0.491 e. The number of aromatic nitrogens is 2. The molecule has 2 N–H and O–H groups in total. The molecule has 4 aromatic rings. The van der Waals surface area contributed by atoms with Gasteiger partial charge in [0.2, 0.25) is 0 Å². The molecule has 0 bridgehead atoms. The Morgan fingerprint density at radius 3 is 2.76 bits per heavy atom. The van der Waals surface area contributed by atoms with E-state index in [0.29, 0.717) is 13.0 Å². The first-order valence-electron chi connectivity index (χ1n) is 17.8. The van der Waals surface area contributed by atoms with Crippen molar-refractivity contribution in [3.63, 3.8) is 0 Å². The van der Waals surface area contributed by atoms with Gasteiger partial charge in [-0.3, -0.25) is 5.32 Å². The number of nitrogens with zero attached hydrogens (tertiary/aromatic N) is 4. The van der Waals surface area contributed by atoms with E-state index < -0.39 is 59.9 Å². The Hall–Kier alpha value is -4.24. The van der Waals surface area contributed by atoms with Crippen molar-refractivity contribution < 1.29 is 45.7 Å². The minimum atomic E-state index is -2.83. The van der Waals surface area contributed by atoms with Crippen LogP contribution in [0.25, 0.3) is 32.1 Å². The number of thiophene rings is 1. The van der Waals surface area contributed by atoms with Gasteiger partial charge in [0.05, 0.1) is 59.7 Å². The van der Waals surface area contributed by atoms with Crippen LogP contribution in [0.15, 0.2) is 12.1 Å². The quantitative estimate of drug-likeness (QED) is 0.176. The maximum absolute atomic E-state index is 17.4. The fraction of sp³-hybridized carbons (Fsp3) is 0.514. The van der Waals surface area contributed by atoms with Crippen LogP contribution in [-0.4, -0.2) is 86.4 Å². The second-order valence-electron chi connectivity index (χ2n) is 14.8. The molecule has 3 aliphatic heterocycles. The van der Waals surface area contributed by atoms with E-state index in [-0.39, 0.29) is 105 Å². The Balaban J connectivity index is 1.43. The van der Waals surface area contributed by atoms with Gasteiger partial charge in [0.1, 0.15) is 40.0 Å². The molecule has 2 saturated heterocycles. The number of alkyl halides is 3. The third-order valence-electron chi connectivity index (χ3n) is 9.71. The highest BCUT2D eigenvalue weighted by molar-refractivity contribution is 7.23. The standard InChI is InChI=1S/C37H38ClF5N6O5S/c1-37(2,3)54-36(50)48-34-21(10-44)25-20(6-7-22(40)32(25)55-34)26-28(38)31-27-30(29(26)43)46-35(53-13-17-5-4-8-45-11-19(39)9-17)47-33(27)49(12-24(41)42)23-16-51-14-18(23)15-52-31/h6-7,17-19,23-24,45H,4-5,8-9,11-16H2,1-3H3,(H,48,50)/t17-,18?,19-,23?/m1/s1. The van der Waals surface area contributed by atoms with E-state index in [0.717, 1.165) is 23.8 Å². The Morgan fingerprint density at radius 1 is 1.22 bits per heavy atom. The van der Waals surface area contributed by atoms with Gasteiger partial charge in [-0.15, -0.1) is 11.3 Å². The number of rotatable bonds is 7. The first kappa shape index (κ1) is 39.0. The van der Waals surface area contributed by atoms with E-state index in [1.807, 2.05) is 6.07 Å². The fourth-order valence-electron chi connectivity index (χ4n) is 7.34. The zero-order valence-electron chi connectivity index (χ0n) is 30.1. The number of nitriles is 1. The summed E-state index contributed by atoms with van der Waals surface area (Å²) in [4.78, 5) is 23.1. The summed E-state index contributed by atoms with van der Waals surface area (Å²) in [7, 11) is 0. The van der Waals surface area contributed by atoms with Crippen LogP contribution in [-0.2, 0) is 9.47 Å². The monoisotopic (exact) mass is 808 g/mol. The number of carbonyl (C=O) groups is 1. The number of amides is 1. The second-order valence-corrected chi connectivity index (χ2v) is 16.2. The normalized spacial score (nSPS) is 21.7. The average molecular weight is 809 g/mol. The molecule has 0 aliphatic carbocycles. The van der Waals surface area contributed by atoms with E-state index in [4.69, 9.17) is 30.5 Å². The lowest BCUT2D eigenvalue weighted by molar-refractivity contribution is 0.0636. The van der Waals surface area contributed by atoms with E-state index in [2.05, 4.69) is 20.6 Å². The van der Waals surface area contributed by atoms with Crippen LogP contribution in [0.2, 0.25) is 5.02 Å². The number of nitrogens with one attached hydrogen (secondary N) is 2. The molecule has 3 aliphatic rings. The molecule has 0 saturated carbocycles. The van der Waals surface area contributed by atoms with Crippen LogP contribution in [0.3, 0.4) is 0 Å². The zero-order chi connectivity index (χ0) is 39.2. The molecule has 1 amide bonds. The largest absolute Gasteiger partial charge is 0.491 e. The number of hydrogen-bond acceptors (Lipinski definition) is 11. The summed E-state index contributed by atoms with van der Waals surface area (Å²) < 4.78 is 99.4. The van der Waals surface area contributed by atoms with Crippen molar-refractivity contribution in [1.82, 2.24) is 15.3 Å². The summed E-state index contributed by atoms with van der Waals surface area (Å²) >= 11 is 7.80. The number of halogens is 6. The number of ether oxygens (including phenoxy) is 4. The van der Waals surface area contributed by atoms with Crippen LogP contribution in [0.4, 0.5) is 37.6 Å². The van der Waals surface area contributed by atoms with Gasteiger partial charge >= 0.3 is 12.1 Å². The van der Waals surface area contributed by atoms with Crippen LogP contribution >= 0.6 is 22.9 Å². The summed E-state index contributed by atoms with van der Waals surface area (Å²) in [6, 6.07) is 3.34. The molecular weight excluding hydrogens is 771 g/mol. The SMILES string of the molecule is CC(C)(C)OC(=O)Nc1sc2c(F)ccc(-c3c(Cl)c4c5c(nc(OC[C@@H]6CCCNC[C@H](F)C6)nc5c3F)N(CC(F)F)C3COCC3CO4)c2c1C#N. The highest BCUT2D eigenvalue weighted by Gasteiger charge is 2.41. The first-order chi connectivity index (χ1) is 26.2. The summed E-state index contributed by atoms with van der Waals surface area (Å²) in [6.07, 6.45) is -3.25. The molecule has 2 fully saturated rings. The molecule has 18 heteroatoms. The smallest absolute Gasteiger partial charge is 0.412 e. The molecular formula is C37H38ClF5N6O5S. The number of benzene rings is 2. The number of anilines is 2. The number of carbonyl (C=O) groups excluding carboxylic acids is 1. The molecule has 4 atom stereocenters. The molecule has 2 aromatic carbocycles. The highest BCUT2D eigenvalue weighted by Crippen LogP contribution is 2.51. The first-order valence-corrected chi connectivity index (χ1v) is 19.0. The maximum Gasteiger partial charge on any atom is 0.412 e. The summed E-state index contributed by atoms with van der Waals surface area (Å²) in [5, 5.41) is 15.4. The minimum absolute atomic E-state index is 0.0206. The number of hydrogen-bond donors (Lipinski definition) is 2. The van der Waals surface area contributed by atoms with Crippen LogP contribution in [0.1, 0.15) is 45.6 Å². The predicted molar refractivity (Wildman–Crippen MR) is 197 cm³/mol. The molecule has 7 rings (SSSR count). The lowest BCUT2D eigenvalue weighted by Gasteiger charge is -2.36. The van der Waals surface area contributed by atoms with Crippen molar-refractivity contribution in [1.29, 1.82) is 5.26 Å². The van der Waals surface area contributed by atoms with Gasteiger partial charge in [0, 0.05) is 23.4 Å². The van der Waals surface area contributed by atoms with Gasteiger partial charge in [0.15, 0.2) is 11.6 Å². The summed E-state index contributed by atoms with van der Waals surface area (Å²) in [6.45, 7) is 5.17. The molecule has 55 heavy (non-hydrogen) atoms. The fourth-order valence-corrected chi connectivity index (χ4v) is 8.74. The van der Waals surface area contributed by atoms with E-state index in [9.17, 15) is 23.2 Å². The topological polar surface area (TPSA) is 131 Å². The van der Waals surface area contributed by atoms with E-state index in [1.54, 1.807) is 20.8 Å². The molecule has 0 radical (unpaired) electrons. The third kappa shape index (κ3) is 7.91. The van der Waals surface area contributed by atoms with Crippen molar-refractivity contribution in [3.8, 4) is 29.0 Å². The molecule has 11 nitrogen and oxygen atoms in total. The third-order valence-corrected chi connectivity index (χ3v) is 11.2. The van der Waals surface area contributed by atoms with Crippen LogP contribution in [0, 0.1) is 34.8 Å². The Kier molecular flexibility index (Phi) is 11.1. The van der Waals surface area contributed by atoms with E-state index in [1.165, 1.54) is 11.0 Å². The average Bonchev–Trinajstić information content (AvgIpc) is 3.72. The number of fused-ring (bicyclic) bond motifs is 2. The van der Waals surface area contributed by atoms with Crippen molar-refractivity contribution >= 4 is 60.8 Å². The van der Waals surface area contributed by atoms with Gasteiger partial charge in [-0.1, -0.05) is 17.7 Å². The summed E-state index contributed by atoms with van der Waals surface area (Å²) in [5.74, 6) is -2.69. The summed E-state index contributed by atoms with van der Waals surface area (Å²) in [5.41, 5.74) is -1.81. The maximum atomic E-state index is 17.4. The van der Waals surface area contributed by atoms with Crippen LogP contribution in [0.5, 0.6) is 11.8 Å². The van der Waals surface area contributed by atoms with Crippen molar-refractivity contribution in [2.24, 2.45) is 11.8 Å². The van der Waals surface area contributed by atoms with Gasteiger partial charge in [-0.2, -0.15) is 15.2 Å². The highest BCUT2D eigenvalue weighted by atomic mass is 35.5. The Bertz CT molecular complexity index is 2160. The van der Waals surface area contributed by atoms with Crippen molar-refractivity contribution in [3.05, 3.63) is 34.4 Å². The lowest BCUT2D eigenvalue weighted by Crippen LogP contribution is -2.46. The Labute approximate surface area is 322 Å². The Morgan fingerprint density at radius 2 is 2.02 bits per heavy atom. The second kappa shape index (κ2) is 15.7. The van der Waals surface area contributed by atoms with Gasteiger partial charge in [-0.05, 0) is 64.1 Å². The zero-order valence-corrected chi connectivity index (χ0v) is 31.7. The predicted octanol–water partition coefficient (Wildman–Crippen LogP) is 8.25. The van der Waals surface area contributed by atoms with Crippen molar-refractivity contribution in [2.45, 2.75) is 64.3 Å². The van der Waals surface area contributed by atoms with Crippen molar-refractivity contribution in [2.75, 3.05) is 56.3 Å². The lowest BCUT2D eigenvalue weighted by atomic mass is 9.95. The molecule has 2 aromatic heterocycles. The molecule has 0 spiro atoms. The molecule has 294 valence electrons. The van der Waals surface area contributed by atoms with Crippen LogP contribution < -0.4 is 25.0 Å². The molecule has 2 unspecified atom stereocenters. The molecule has 5 heterocycles.